The lowest BCUT2D eigenvalue weighted by atomic mass is 10.1. The minimum Gasteiger partial charge on any atom is -0.369 e. The van der Waals surface area contributed by atoms with E-state index in [1.807, 2.05) is 23.6 Å². The summed E-state index contributed by atoms with van der Waals surface area (Å²) in [6.07, 6.45) is 0.870. The molecule has 2 aliphatic heterocycles. The lowest BCUT2D eigenvalue weighted by molar-refractivity contribution is -0.129. The molecule has 2 amide bonds. The smallest absolute Gasteiger partial charge is 0.273 e. The Hall–Kier alpha value is -3.16. The summed E-state index contributed by atoms with van der Waals surface area (Å²) in [5.41, 5.74) is 3.88. The summed E-state index contributed by atoms with van der Waals surface area (Å²) in [6.45, 7) is 11.6. The minimum atomic E-state index is -0.0391. The summed E-state index contributed by atoms with van der Waals surface area (Å²) >= 11 is 0. The molecular formula is C24H32N6O2. The average molecular weight is 437 g/mol. The molecule has 2 aromatic rings. The fourth-order valence-electron chi connectivity index (χ4n) is 4.30. The van der Waals surface area contributed by atoms with E-state index >= 15 is 0 Å². The third-order valence-corrected chi connectivity index (χ3v) is 6.21. The molecule has 0 radical (unpaired) electrons. The Morgan fingerprint density at radius 3 is 2.56 bits per heavy atom. The van der Waals surface area contributed by atoms with E-state index in [0.717, 1.165) is 24.3 Å². The quantitative estimate of drug-likeness (QED) is 0.749. The molecule has 0 aliphatic carbocycles. The molecule has 0 saturated carbocycles. The van der Waals surface area contributed by atoms with Crippen molar-refractivity contribution in [3.63, 3.8) is 0 Å². The number of aromatic nitrogens is 2. The van der Waals surface area contributed by atoms with Gasteiger partial charge in [0.2, 0.25) is 11.9 Å². The third-order valence-electron chi connectivity index (χ3n) is 6.21. The molecule has 1 fully saturated rings. The Kier molecular flexibility index (Phi) is 6.30. The predicted octanol–water partition coefficient (Wildman–Crippen LogP) is 2.47. The largest absolute Gasteiger partial charge is 0.369 e. The van der Waals surface area contributed by atoms with E-state index in [0.29, 0.717) is 44.4 Å². The lowest BCUT2D eigenvalue weighted by Gasteiger charge is -2.34. The summed E-state index contributed by atoms with van der Waals surface area (Å²) < 4.78 is 0. The first kappa shape index (κ1) is 22.0. The van der Waals surface area contributed by atoms with Gasteiger partial charge < -0.3 is 20.0 Å². The second kappa shape index (κ2) is 9.14. The number of carbonyl (C=O) groups excluding carboxylic acids is 2. The Balaban J connectivity index is 1.56. The lowest BCUT2D eigenvalue weighted by Crippen LogP contribution is -2.48. The molecule has 0 spiro atoms. The molecule has 170 valence electrons. The number of amides is 2. The van der Waals surface area contributed by atoms with Gasteiger partial charge in [-0.2, -0.15) is 4.98 Å². The van der Waals surface area contributed by atoms with Gasteiger partial charge in [-0.1, -0.05) is 29.8 Å². The Morgan fingerprint density at radius 1 is 1.16 bits per heavy atom. The second-order valence-corrected chi connectivity index (χ2v) is 8.89. The number of piperazine rings is 1. The molecule has 1 aromatic carbocycles. The molecule has 8 nitrogen and oxygen atoms in total. The maximum atomic E-state index is 13.0. The van der Waals surface area contributed by atoms with Gasteiger partial charge in [0.25, 0.3) is 5.91 Å². The van der Waals surface area contributed by atoms with Crippen molar-refractivity contribution in [2.45, 2.75) is 46.7 Å². The van der Waals surface area contributed by atoms with Crippen molar-refractivity contribution in [2.75, 3.05) is 42.9 Å². The van der Waals surface area contributed by atoms with Gasteiger partial charge in [0.15, 0.2) is 0 Å². The van der Waals surface area contributed by atoms with Crippen molar-refractivity contribution in [3.05, 3.63) is 46.6 Å². The van der Waals surface area contributed by atoms with Gasteiger partial charge in [0, 0.05) is 51.3 Å². The first-order valence-corrected chi connectivity index (χ1v) is 11.3. The molecule has 0 bridgehead atoms. The highest BCUT2D eigenvalue weighted by molar-refractivity contribution is 5.98. The van der Waals surface area contributed by atoms with Crippen LogP contribution in [0.15, 0.2) is 24.3 Å². The topological polar surface area (TPSA) is 81.7 Å². The van der Waals surface area contributed by atoms with Crippen LogP contribution in [0, 0.1) is 6.92 Å². The Bertz CT molecular complexity index is 1010. The normalized spacial score (nSPS) is 16.0. The fourth-order valence-corrected chi connectivity index (χ4v) is 4.30. The highest BCUT2D eigenvalue weighted by Gasteiger charge is 2.35. The molecule has 3 heterocycles. The number of nitrogens with one attached hydrogen (secondary N) is 1. The summed E-state index contributed by atoms with van der Waals surface area (Å²) in [5.74, 6) is 1.34. The number of benzene rings is 1. The molecule has 4 rings (SSSR count). The van der Waals surface area contributed by atoms with E-state index in [4.69, 9.17) is 4.98 Å². The average Bonchev–Trinajstić information content (AvgIpc) is 3.11. The van der Waals surface area contributed by atoms with Crippen molar-refractivity contribution in [1.82, 2.24) is 19.8 Å². The van der Waals surface area contributed by atoms with E-state index in [1.165, 1.54) is 11.1 Å². The van der Waals surface area contributed by atoms with Crippen LogP contribution in [0.5, 0.6) is 0 Å². The molecule has 1 saturated heterocycles. The maximum Gasteiger partial charge on any atom is 0.273 e. The number of hydrogen-bond donors (Lipinski definition) is 1. The molecule has 1 aromatic heterocycles. The molecule has 8 heteroatoms. The van der Waals surface area contributed by atoms with E-state index in [2.05, 4.69) is 46.4 Å². The zero-order valence-corrected chi connectivity index (χ0v) is 19.4. The number of rotatable bonds is 6. The van der Waals surface area contributed by atoms with Gasteiger partial charge in [-0.3, -0.25) is 9.59 Å². The monoisotopic (exact) mass is 436 g/mol. The number of aryl methyl sites for hydroxylation is 1. The van der Waals surface area contributed by atoms with Gasteiger partial charge in [-0.05, 0) is 32.8 Å². The van der Waals surface area contributed by atoms with Crippen LogP contribution in [-0.4, -0.2) is 70.3 Å². The summed E-state index contributed by atoms with van der Waals surface area (Å²) in [7, 11) is 0. The molecule has 1 N–H and O–H groups in total. The zero-order valence-electron chi connectivity index (χ0n) is 19.4. The maximum absolute atomic E-state index is 13.0. The van der Waals surface area contributed by atoms with E-state index in [1.54, 1.807) is 6.92 Å². The standard InChI is InChI=1S/C24H32N6O2/c1-16(2)30-15-20-21(23(30)32)26-24(29-12-10-28(11-13-29)18(4)31)27-22(20)25-9-8-19-7-5-6-17(3)14-19/h5-7,14,16H,8-13,15H2,1-4H3,(H,25,26,27). The number of hydrogen-bond acceptors (Lipinski definition) is 6. The first-order chi connectivity index (χ1) is 15.3. The molecule has 32 heavy (non-hydrogen) atoms. The fraction of sp³-hybridized carbons (Fsp3) is 0.500. The van der Waals surface area contributed by atoms with Gasteiger partial charge in [0.05, 0.1) is 6.54 Å². The Labute approximate surface area is 189 Å². The summed E-state index contributed by atoms with van der Waals surface area (Å²) in [4.78, 5) is 39.9. The number of anilines is 2. The first-order valence-electron chi connectivity index (χ1n) is 11.3. The highest BCUT2D eigenvalue weighted by atomic mass is 16.2. The predicted molar refractivity (Wildman–Crippen MR) is 125 cm³/mol. The molecule has 2 aliphatic rings. The van der Waals surface area contributed by atoms with Crippen LogP contribution in [0.1, 0.15) is 48.0 Å². The van der Waals surface area contributed by atoms with Crippen molar-refractivity contribution in [3.8, 4) is 0 Å². The van der Waals surface area contributed by atoms with E-state index in [9.17, 15) is 9.59 Å². The zero-order chi connectivity index (χ0) is 22.8. The molecule has 0 atom stereocenters. The van der Waals surface area contributed by atoms with E-state index in [-0.39, 0.29) is 17.9 Å². The van der Waals surface area contributed by atoms with Crippen LogP contribution >= 0.6 is 0 Å². The van der Waals surface area contributed by atoms with Crippen molar-refractivity contribution in [2.24, 2.45) is 0 Å². The second-order valence-electron chi connectivity index (χ2n) is 8.89. The van der Waals surface area contributed by atoms with Crippen molar-refractivity contribution in [1.29, 1.82) is 0 Å². The van der Waals surface area contributed by atoms with Crippen LogP contribution in [0.3, 0.4) is 0 Å². The highest BCUT2D eigenvalue weighted by Crippen LogP contribution is 2.30. The van der Waals surface area contributed by atoms with Crippen LogP contribution in [0.25, 0.3) is 0 Å². The Morgan fingerprint density at radius 2 is 1.91 bits per heavy atom. The van der Waals surface area contributed by atoms with Gasteiger partial charge in [0.1, 0.15) is 11.5 Å². The third kappa shape index (κ3) is 4.54. The van der Waals surface area contributed by atoms with E-state index < -0.39 is 0 Å². The number of nitrogens with zero attached hydrogens (tertiary/aromatic N) is 5. The van der Waals surface area contributed by atoms with Crippen molar-refractivity contribution >= 4 is 23.6 Å². The van der Waals surface area contributed by atoms with Crippen LogP contribution in [0.4, 0.5) is 11.8 Å². The summed E-state index contributed by atoms with van der Waals surface area (Å²) in [5, 5.41) is 3.48. The number of fused-ring (bicyclic) bond motifs is 1. The number of carbonyl (C=O) groups is 2. The summed E-state index contributed by atoms with van der Waals surface area (Å²) in [6, 6.07) is 8.59. The van der Waals surface area contributed by atoms with Crippen LogP contribution in [0.2, 0.25) is 0 Å². The van der Waals surface area contributed by atoms with Crippen molar-refractivity contribution < 1.29 is 9.59 Å². The molecule has 0 unspecified atom stereocenters. The molecular weight excluding hydrogens is 404 g/mol. The van der Waals surface area contributed by atoms with Crippen LogP contribution in [-0.2, 0) is 17.8 Å². The van der Waals surface area contributed by atoms with Crippen LogP contribution < -0.4 is 10.2 Å². The SMILES string of the molecule is CC(=O)N1CCN(c2nc(NCCc3cccc(C)c3)c3c(n2)C(=O)N(C(C)C)C3)CC1. The van der Waals surface area contributed by atoms with Gasteiger partial charge in [-0.15, -0.1) is 0 Å². The minimum absolute atomic E-state index is 0.0391. The van der Waals surface area contributed by atoms with Gasteiger partial charge in [-0.25, -0.2) is 4.98 Å². The van der Waals surface area contributed by atoms with Gasteiger partial charge >= 0.3 is 0 Å².